The molecule has 0 aromatic heterocycles. The molecule has 2 heterocycles. The highest BCUT2D eigenvalue weighted by Crippen LogP contribution is 2.40. The van der Waals surface area contributed by atoms with E-state index in [9.17, 15) is 18.0 Å². The Morgan fingerprint density at radius 3 is 2.78 bits per heavy atom. The number of halogens is 3. The maximum absolute atomic E-state index is 12.5. The minimum absolute atomic E-state index is 0.0723. The summed E-state index contributed by atoms with van der Waals surface area (Å²) in [5.41, 5.74) is 2.11. The number of para-hydroxylation sites is 1. The standard InChI is InChI=1S/C18H14F3NO5/c19-18(20,21)17(23)27-15-8-22-7-11-2-1-3-12(16(11)26-15)10-4-5-13-14(6-10)25-9-24-13/h1-6,15,22H,7-9H2. The summed E-state index contributed by atoms with van der Waals surface area (Å²) in [6.07, 6.45) is -6.49. The SMILES string of the molecule is O=C(OC1CNCc2cccc(-c3ccc4c(c3)OCO4)c2O1)C(F)(F)F. The molecule has 0 saturated heterocycles. The quantitative estimate of drug-likeness (QED) is 0.807. The van der Waals surface area contributed by atoms with Gasteiger partial charge in [0.05, 0.1) is 6.54 Å². The summed E-state index contributed by atoms with van der Waals surface area (Å²) >= 11 is 0. The van der Waals surface area contributed by atoms with Crippen LogP contribution in [0.4, 0.5) is 13.2 Å². The van der Waals surface area contributed by atoms with Crippen molar-refractivity contribution >= 4 is 5.97 Å². The van der Waals surface area contributed by atoms with E-state index in [2.05, 4.69) is 10.1 Å². The van der Waals surface area contributed by atoms with Crippen LogP contribution in [0.15, 0.2) is 36.4 Å². The monoisotopic (exact) mass is 381 g/mol. The molecule has 27 heavy (non-hydrogen) atoms. The number of carbonyl (C=O) groups excluding carboxylic acids is 1. The van der Waals surface area contributed by atoms with Gasteiger partial charge in [0.1, 0.15) is 5.75 Å². The van der Waals surface area contributed by atoms with Crippen LogP contribution in [0, 0.1) is 0 Å². The van der Waals surface area contributed by atoms with Crippen molar-refractivity contribution in [1.29, 1.82) is 0 Å². The van der Waals surface area contributed by atoms with Crippen molar-refractivity contribution < 1.29 is 36.9 Å². The van der Waals surface area contributed by atoms with Crippen molar-refractivity contribution in [3.05, 3.63) is 42.0 Å². The molecule has 1 N–H and O–H groups in total. The van der Waals surface area contributed by atoms with Gasteiger partial charge in [-0.1, -0.05) is 24.3 Å². The molecule has 6 nitrogen and oxygen atoms in total. The van der Waals surface area contributed by atoms with Crippen molar-refractivity contribution in [1.82, 2.24) is 5.32 Å². The van der Waals surface area contributed by atoms with Crippen LogP contribution in [0.3, 0.4) is 0 Å². The first-order valence-corrected chi connectivity index (χ1v) is 8.09. The fourth-order valence-corrected chi connectivity index (χ4v) is 2.90. The van der Waals surface area contributed by atoms with Crippen molar-refractivity contribution in [2.75, 3.05) is 13.3 Å². The number of benzene rings is 2. The van der Waals surface area contributed by atoms with E-state index in [1.807, 2.05) is 6.07 Å². The summed E-state index contributed by atoms with van der Waals surface area (Å²) < 4.78 is 58.3. The molecule has 2 aromatic rings. The largest absolute Gasteiger partial charge is 0.491 e. The molecule has 142 valence electrons. The lowest BCUT2D eigenvalue weighted by Gasteiger charge is -2.20. The first kappa shape index (κ1) is 17.5. The molecule has 9 heteroatoms. The van der Waals surface area contributed by atoms with Crippen LogP contribution in [0.5, 0.6) is 17.2 Å². The Bertz CT molecular complexity index is 884. The molecule has 0 saturated carbocycles. The van der Waals surface area contributed by atoms with Crippen molar-refractivity contribution in [2.24, 2.45) is 0 Å². The van der Waals surface area contributed by atoms with Gasteiger partial charge in [-0.15, -0.1) is 0 Å². The average molecular weight is 381 g/mol. The molecule has 0 aliphatic carbocycles. The molecule has 0 bridgehead atoms. The van der Waals surface area contributed by atoms with Gasteiger partial charge in [0.25, 0.3) is 6.29 Å². The Hall–Kier alpha value is -2.94. The van der Waals surface area contributed by atoms with Crippen LogP contribution in [0.2, 0.25) is 0 Å². The molecule has 2 aromatic carbocycles. The second-order valence-corrected chi connectivity index (χ2v) is 5.94. The zero-order valence-corrected chi connectivity index (χ0v) is 13.8. The minimum Gasteiger partial charge on any atom is -0.454 e. The Balaban J connectivity index is 1.66. The van der Waals surface area contributed by atoms with Crippen LogP contribution in [0.1, 0.15) is 5.56 Å². The van der Waals surface area contributed by atoms with Crippen molar-refractivity contribution in [3.63, 3.8) is 0 Å². The summed E-state index contributed by atoms with van der Waals surface area (Å²) in [6, 6.07) is 10.7. The fourth-order valence-electron chi connectivity index (χ4n) is 2.90. The number of carbonyl (C=O) groups is 1. The minimum atomic E-state index is -5.09. The molecule has 0 amide bonds. The van der Waals surface area contributed by atoms with E-state index in [1.54, 1.807) is 30.3 Å². The summed E-state index contributed by atoms with van der Waals surface area (Å²) in [4.78, 5) is 11.2. The Morgan fingerprint density at radius 2 is 1.96 bits per heavy atom. The molecule has 0 radical (unpaired) electrons. The van der Waals surface area contributed by atoms with E-state index >= 15 is 0 Å². The lowest BCUT2D eigenvalue weighted by Crippen LogP contribution is -2.37. The van der Waals surface area contributed by atoms with Gasteiger partial charge in [-0.2, -0.15) is 13.2 Å². The number of esters is 1. The van der Waals surface area contributed by atoms with E-state index in [0.29, 0.717) is 29.4 Å². The van der Waals surface area contributed by atoms with E-state index in [4.69, 9.17) is 14.2 Å². The summed E-state index contributed by atoms with van der Waals surface area (Å²) in [7, 11) is 0. The molecule has 1 unspecified atom stereocenters. The van der Waals surface area contributed by atoms with E-state index in [0.717, 1.165) is 11.1 Å². The molecule has 1 atom stereocenters. The number of hydrogen-bond acceptors (Lipinski definition) is 6. The first-order valence-electron chi connectivity index (χ1n) is 8.09. The van der Waals surface area contributed by atoms with Gasteiger partial charge in [-0.25, -0.2) is 4.79 Å². The molecular formula is C18H14F3NO5. The molecule has 0 spiro atoms. The number of alkyl halides is 3. The Kier molecular flexibility index (Phi) is 4.31. The van der Waals surface area contributed by atoms with Crippen LogP contribution in [-0.4, -0.2) is 31.8 Å². The van der Waals surface area contributed by atoms with Gasteiger partial charge in [-0.3, -0.25) is 0 Å². The summed E-state index contributed by atoms with van der Waals surface area (Å²) in [5, 5.41) is 2.92. The van der Waals surface area contributed by atoms with Crippen molar-refractivity contribution in [2.45, 2.75) is 19.0 Å². The second-order valence-electron chi connectivity index (χ2n) is 5.94. The highest BCUT2D eigenvalue weighted by atomic mass is 19.4. The third-order valence-corrected chi connectivity index (χ3v) is 4.13. The van der Waals surface area contributed by atoms with Gasteiger partial charge in [-0.05, 0) is 17.7 Å². The predicted molar refractivity (Wildman–Crippen MR) is 86.3 cm³/mol. The second kappa shape index (κ2) is 6.66. The van der Waals surface area contributed by atoms with Gasteiger partial charge < -0.3 is 24.3 Å². The zero-order valence-electron chi connectivity index (χ0n) is 13.8. The zero-order chi connectivity index (χ0) is 19.0. The number of hydrogen-bond donors (Lipinski definition) is 1. The normalized spacial score (nSPS) is 18.3. The van der Waals surface area contributed by atoms with Gasteiger partial charge >= 0.3 is 12.1 Å². The maximum Gasteiger partial charge on any atom is 0.491 e. The highest BCUT2D eigenvalue weighted by Gasteiger charge is 2.43. The highest BCUT2D eigenvalue weighted by molar-refractivity contribution is 5.76. The lowest BCUT2D eigenvalue weighted by molar-refractivity contribution is -0.215. The molecular weight excluding hydrogens is 367 g/mol. The molecule has 4 rings (SSSR count). The van der Waals surface area contributed by atoms with Crippen LogP contribution >= 0.6 is 0 Å². The number of rotatable bonds is 2. The molecule has 2 aliphatic rings. The summed E-state index contributed by atoms with van der Waals surface area (Å²) in [5.74, 6) is -0.767. The maximum atomic E-state index is 12.5. The first-order chi connectivity index (χ1) is 12.9. The number of nitrogens with one attached hydrogen (secondary N) is 1. The number of fused-ring (bicyclic) bond motifs is 2. The van der Waals surface area contributed by atoms with E-state index in [1.165, 1.54) is 0 Å². The number of ether oxygens (including phenoxy) is 4. The third kappa shape index (κ3) is 3.50. The van der Waals surface area contributed by atoms with Gasteiger partial charge in [0.2, 0.25) is 6.79 Å². The van der Waals surface area contributed by atoms with Crippen LogP contribution < -0.4 is 19.5 Å². The van der Waals surface area contributed by atoms with Crippen LogP contribution in [0.25, 0.3) is 11.1 Å². The lowest BCUT2D eigenvalue weighted by atomic mass is 10.0. The fraction of sp³-hybridized carbons (Fsp3) is 0.278. The molecule has 0 fully saturated rings. The summed E-state index contributed by atoms with van der Waals surface area (Å²) in [6.45, 7) is 0.409. The van der Waals surface area contributed by atoms with Crippen LogP contribution in [-0.2, 0) is 16.1 Å². The van der Waals surface area contributed by atoms with E-state index in [-0.39, 0.29) is 13.3 Å². The van der Waals surface area contributed by atoms with Gasteiger partial charge in [0.15, 0.2) is 11.5 Å². The predicted octanol–water partition coefficient (Wildman–Crippen LogP) is 3.00. The molecule has 2 aliphatic heterocycles. The topological polar surface area (TPSA) is 66.0 Å². The van der Waals surface area contributed by atoms with Crippen molar-refractivity contribution in [3.8, 4) is 28.4 Å². The Labute approximate surface area is 151 Å². The average Bonchev–Trinajstić information content (AvgIpc) is 2.99. The van der Waals surface area contributed by atoms with Gasteiger partial charge in [0, 0.05) is 17.7 Å². The van der Waals surface area contributed by atoms with E-state index < -0.39 is 18.4 Å². The smallest absolute Gasteiger partial charge is 0.454 e. The third-order valence-electron chi connectivity index (χ3n) is 4.13. The Morgan fingerprint density at radius 1 is 1.15 bits per heavy atom.